The summed E-state index contributed by atoms with van der Waals surface area (Å²) in [7, 11) is 0. The SMILES string of the molecule is CC(C)Oc1ccccc1CC(=O)N1CCCO[C@@H]2CCC[C@@H]21. The molecule has 1 saturated heterocycles. The average molecular weight is 317 g/mol. The van der Waals surface area contributed by atoms with Crippen LogP contribution >= 0.6 is 0 Å². The Balaban J connectivity index is 1.73. The van der Waals surface area contributed by atoms with Crippen molar-refractivity contribution in [3.63, 3.8) is 0 Å². The zero-order valence-electron chi connectivity index (χ0n) is 14.2. The van der Waals surface area contributed by atoms with Crippen LogP contribution in [0.3, 0.4) is 0 Å². The lowest BCUT2D eigenvalue weighted by Crippen LogP contribution is -2.44. The Morgan fingerprint density at radius 3 is 2.96 bits per heavy atom. The summed E-state index contributed by atoms with van der Waals surface area (Å²) in [5.74, 6) is 1.03. The van der Waals surface area contributed by atoms with E-state index in [1.54, 1.807) is 0 Å². The maximum Gasteiger partial charge on any atom is 0.227 e. The molecule has 0 unspecified atom stereocenters. The number of hydrogen-bond donors (Lipinski definition) is 0. The predicted octanol–water partition coefficient (Wildman–Crippen LogP) is 3.19. The highest BCUT2D eigenvalue weighted by Crippen LogP contribution is 2.30. The average Bonchev–Trinajstić information content (AvgIpc) is 2.88. The van der Waals surface area contributed by atoms with E-state index < -0.39 is 0 Å². The monoisotopic (exact) mass is 317 g/mol. The van der Waals surface area contributed by atoms with Crippen LogP contribution in [0, 0.1) is 0 Å². The maximum absolute atomic E-state index is 12.9. The summed E-state index contributed by atoms with van der Waals surface area (Å²) < 4.78 is 11.8. The second-order valence-electron chi connectivity index (χ2n) is 6.80. The van der Waals surface area contributed by atoms with Crippen molar-refractivity contribution in [2.45, 2.75) is 64.2 Å². The fourth-order valence-corrected chi connectivity index (χ4v) is 3.69. The molecule has 23 heavy (non-hydrogen) atoms. The lowest BCUT2D eigenvalue weighted by molar-refractivity contribution is -0.134. The molecule has 1 heterocycles. The largest absolute Gasteiger partial charge is 0.491 e. The fraction of sp³-hybridized carbons (Fsp3) is 0.632. The van der Waals surface area contributed by atoms with Gasteiger partial charge in [0.25, 0.3) is 0 Å². The molecule has 0 radical (unpaired) electrons. The van der Waals surface area contributed by atoms with Gasteiger partial charge in [-0.2, -0.15) is 0 Å². The number of para-hydroxylation sites is 1. The first-order valence-corrected chi connectivity index (χ1v) is 8.81. The number of carbonyl (C=O) groups is 1. The number of fused-ring (bicyclic) bond motifs is 1. The van der Waals surface area contributed by atoms with Crippen LogP contribution in [0.4, 0.5) is 0 Å². The Kier molecular flexibility index (Phi) is 5.21. The Morgan fingerprint density at radius 1 is 1.30 bits per heavy atom. The molecule has 1 aliphatic heterocycles. The van der Waals surface area contributed by atoms with Crippen molar-refractivity contribution >= 4 is 5.91 Å². The summed E-state index contributed by atoms with van der Waals surface area (Å²) in [4.78, 5) is 15.0. The summed E-state index contributed by atoms with van der Waals surface area (Å²) in [6, 6.07) is 8.14. The van der Waals surface area contributed by atoms with E-state index in [0.29, 0.717) is 6.42 Å². The van der Waals surface area contributed by atoms with Gasteiger partial charge < -0.3 is 14.4 Å². The molecular weight excluding hydrogens is 290 g/mol. The minimum absolute atomic E-state index is 0.108. The molecule has 1 aromatic rings. The summed E-state index contributed by atoms with van der Waals surface area (Å²) in [6.45, 7) is 5.60. The van der Waals surface area contributed by atoms with Crippen LogP contribution in [0.15, 0.2) is 24.3 Å². The molecule has 1 amide bonds. The Labute approximate surface area is 138 Å². The van der Waals surface area contributed by atoms with Crippen LogP contribution in [0.2, 0.25) is 0 Å². The van der Waals surface area contributed by atoms with Crippen LogP contribution in [0.25, 0.3) is 0 Å². The lowest BCUT2D eigenvalue weighted by Gasteiger charge is -2.30. The highest BCUT2D eigenvalue weighted by molar-refractivity contribution is 5.80. The van der Waals surface area contributed by atoms with Gasteiger partial charge >= 0.3 is 0 Å². The second kappa shape index (κ2) is 7.35. The van der Waals surface area contributed by atoms with Crippen molar-refractivity contribution in [2.24, 2.45) is 0 Å². The van der Waals surface area contributed by atoms with E-state index in [1.807, 2.05) is 38.1 Å². The van der Waals surface area contributed by atoms with E-state index >= 15 is 0 Å². The van der Waals surface area contributed by atoms with E-state index in [4.69, 9.17) is 9.47 Å². The molecule has 2 fully saturated rings. The molecule has 1 aromatic carbocycles. The molecule has 4 heteroatoms. The van der Waals surface area contributed by atoms with Crippen molar-refractivity contribution in [3.05, 3.63) is 29.8 Å². The minimum Gasteiger partial charge on any atom is -0.491 e. The third kappa shape index (κ3) is 3.86. The highest BCUT2D eigenvalue weighted by atomic mass is 16.5. The van der Waals surface area contributed by atoms with E-state index in [-0.39, 0.29) is 24.2 Å². The number of hydrogen-bond acceptors (Lipinski definition) is 3. The zero-order chi connectivity index (χ0) is 16.2. The van der Waals surface area contributed by atoms with Gasteiger partial charge in [-0.25, -0.2) is 0 Å². The maximum atomic E-state index is 12.9. The van der Waals surface area contributed by atoms with Gasteiger partial charge in [-0.1, -0.05) is 18.2 Å². The Bertz CT molecular complexity index is 543. The second-order valence-corrected chi connectivity index (χ2v) is 6.80. The topological polar surface area (TPSA) is 38.8 Å². The number of rotatable bonds is 4. The molecule has 0 spiro atoms. The zero-order valence-corrected chi connectivity index (χ0v) is 14.2. The van der Waals surface area contributed by atoms with Crippen LogP contribution in [-0.4, -0.2) is 42.2 Å². The normalized spacial score (nSPS) is 24.4. The molecule has 1 saturated carbocycles. The molecule has 126 valence electrons. The Morgan fingerprint density at radius 2 is 2.13 bits per heavy atom. The summed E-state index contributed by atoms with van der Waals surface area (Å²) in [5, 5.41) is 0. The molecular formula is C19H27NO3. The number of amides is 1. The molecule has 3 rings (SSSR count). The summed E-state index contributed by atoms with van der Waals surface area (Å²) in [6.07, 6.45) is 5.00. The number of nitrogens with zero attached hydrogens (tertiary/aromatic N) is 1. The number of benzene rings is 1. The highest BCUT2D eigenvalue weighted by Gasteiger charge is 2.36. The quantitative estimate of drug-likeness (QED) is 0.856. The molecule has 2 atom stereocenters. The lowest BCUT2D eigenvalue weighted by atomic mass is 10.1. The van der Waals surface area contributed by atoms with Crippen LogP contribution in [0.1, 0.15) is 45.1 Å². The van der Waals surface area contributed by atoms with E-state index in [0.717, 1.165) is 50.1 Å². The van der Waals surface area contributed by atoms with Gasteiger partial charge in [0.05, 0.1) is 24.7 Å². The van der Waals surface area contributed by atoms with Crippen molar-refractivity contribution in [3.8, 4) is 5.75 Å². The van der Waals surface area contributed by atoms with Gasteiger partial charge in [0, 0.05) is 18.7 Å². The van der Waals surface area contributed by atoms with Crippen molar-refractivity contribution in [2.75, 3.05) is 13.2 Å². The van der Waals surface area contributed by atoms with E-state index in [9.17, 15) is 4.79 Å². The first-order chi connectivity index (χ1) is 11.1. The van der Waals surface area contributed by atoms with Gasteiger partial charge in [0.15, 0.2) is 0 Å². The van der Waals surface area contributed by atoms with Crippen LogP contribution in [0.5, 0.6) is 5.75 Å². The predicted molar refractivity (Wildman–Crippen MR) is 89.6 cm³/mol. The standard InChI is InChI=1S/C19H27NO3/c1-14(2)23-17-9-4-3-7-15(17)13-19(21)20-11-6-12-22-18-10-5-8-16(18)20/h3-4,7,9,14,16,18H,5-6,8,10-13H2,1-2H3/t16-,18+/m0/s1. The molecule has 4 nitrogen and oxygen atoms in total. The van der Waals surface area contributed by atoms with Crippen molar-refractivity contribution < 1.29 is 14.3 Å². The van der Waals surface area contributed by atoms with E-state index in [2.05, 4.69) is 4.90 Å². The van der Waals surface area contributed by atoms with Crippen molar-refractivity contribution in [1.29, 1.82) is 0 Å². The first kappa shape index (κ1) is 16.3. The molecule has 0 bridgehead atoms. The van der Waals surface area contributed by atoms with Gasteiger partial charge in [-0.15, -0.1) is 0 Å². The minimum atomic E-state index is 0.108. The molecule has 1 aliphatic carbocycles. The van der Waals surface area contributed by atoms with Crippen molar-refractivity contribution in [1.82, 2.24) is 4.90 Å². The molecule has 2 aliphatic rings. The van der Waals surface area contributed by atoms with Gasteiger partial charge in [-0.3, -0.25) is 4.79 Å². The summed E-state index contributed by atoms with van der Waals surface area (Å²) in [5.41, 5.74) is 0.978. The first-order valence-electron chi connectivity index (χ1n) is 8.81. The summed E-state index contributed by atoms with van der Waals surface area (Å²) >= 11 is 0. The van der Waals surface area contributed by atoms with Gasteiger partial charge in [0.2, 0.25) is 5.91 Å². The number of carbonyl (C=O) groups excluding carboxylic acids is 1. The smallest absolute Gasteiger partial charge is 0.227 e. The molecule has 0 N–H and O–H groups in total. The number of ether oxygens (including phenoxy) is 2. The Hall–Kier alpha value is -1.55. The van der Waals surface area contributed by atoms with Gasteiger partial charge in [0.1, 0.15) is 5.75 Å². The van der Waals surface area contributed by atoms with Crippen LogP contribution in [-0.2, 0) is 16.0 Å². The van der Waals surface area contributed by atoms with E-state index in [1.165, 1.54) is 0 Å². The third-order valence-electron chi connectivity index (χ3n) is 4.69. The van der Waals surface area contributed by atoms with Crippen LogP contribution < -0.4 is 4.74 Å². The molecule has 0 aromatic heterocycles. The fourth-order valence-electron chi connectivity index (χ4n) is 3.69. The third-order valence-corrected chi connectivity index (χ3v) is 4.69. The van der Waals surface area contributed by atoms with Gasteiger partial charge in [-0.05, 0) is 45.6 Å².